The Morgan fingerprint density at radius 3 is 2.55 bits per heavy atom. The number of rotatable bonds is 6. The smallest absolute Gasteiger partial charge is 0.303 e. The van der Waals surface area contributed by atoms with Crippen LogP contribution in [0.15, 0.2) is 6.07 Å². The Morgan fingerprint density at radius 2 is 2.10 bits per heavy atom. The van der Waals surface area contributed by atoms with Crippen LogP contribution in [-0.4, -0.2) is 30.4 Å². The zero-order chi connectivity index (χ0) is 14.9. The van der Waals surface area contributed by atoms with Gasteiger partial charge in [0, 0.05) is 17.5 Å². The number of carboxylic acids is 1. The molecule has 0 heterocycles. The second-order valence-corrected chi connectivity index (χ2v) is 5.28. The van der Waals surface area contributed by atoms with Gasteiger partial charge in [0.15, 0.2) is 11.5 Å². The van der Waals surface area contributed by atoms with Crippen LogP contribution in [0.1, 0.15) is 30.7 Å². The van der Waals surface area contributed by atoms with Crippen LogP contribution in [0.3, 0.4) is 0 Å². The van der Waals surface area contributed by atoms with Crippen LogP contribution in [0.4, 0.5) is 0 Å². The van der Waals surface area contributed by atoms with Gasteiger partial charge in [0.1, 0.15) is 5.75 Å². The predicted octanol–water partition coefficient (Wildman–Crippen LogP) is 3.03. The first-order valence-electron chi connectivity index (χ1n) is 6.34. The van der Waals surface area contributed by atoms with Crippen molar-refractivity contribution in [2.45, 2.75) is 25.2 Å². The Kier molecular flexibility index (Phi) is 4.28. The highest BCUT2D eigenvalue weighted by molar-refractivity contribution is 6.33. The van der Waals surface area contributed by atoms with Crippen molar-refractivity contribution in [1.29, 1.82) is 0 Å². The van der Waals surface area contributed by atoms with Crippen LogP contribution in [0.5, 0.6) is 17.2 Å². The molecule has 0 bridgehead atoms. The Labute approximate surface area is 122 Å². The van der Waals surface area contributed by atoms with Crippen molar-refractivity contribution in [3.8, 4) is 17.2 Å². The number of carboxylic acid groups (broad SMARTS) is 1. The standard InChI is InChI=1S/C14H17ClO5/c1-19-10-6-9(16)13(15)12(14(10)20-2)8(5-11(17)18)7-3-4-7/h6-8,16H,3-5H2,1-2H3,(H,17,18). The van der Waals surface area contributed by atoms with Gasteiger partial charge in [0.2, 0.25) is 0 Å². The molecular formula is C14H17ClO5. The lowest BCUT2D eigenvalue weighted by Crippen LogP contribution is -2.11. The molecule has 1 atom stereocenters. The van der Waals surface area contributed by atoms with Gasteiger partial charge < -0.3 is 19.7 Å². The minimum atomic E-state index is -0.901. The number of carbonyl (C=O) groups is 1. The van der Waals surface area contributed by atoms with Crippen molar-refractivity contribution >= 4 is 17.6 Å². The first-order valence-corrected chi connectivity index (χ1v) is 6.72. The molecule has 0 amide bonds. The van der Waals surface area contributed by atoms with Gasteiger partial charge in [-0.1, -0.05) is 11.6 Å². The maximum Gasteiger partial charge on any atom is 0.303 e. The van der Waals surface area contributed by atoms with Crippen molar-refractivity contribution in [3.05, 3.63) is 16.7 Å². The van der Waals surface area contributed by atoms with Crippen molar-refractivity contribution in [2.24, 2.45) is 5.92 Å². The van der Waals surface area contributed by atoms with Crippen molar-refractivity contribution < 1.29 is 24.5 Å². The molecular weight excluding hydrogens is 284 g/mol. The Hall–Kier alpha value is -1.62. The molecule has 2 rings (SSSR count). The van der Waals surface area contributed by atoms with Gasteiger partial charge in [0.05, 0.1) is 25.7 Å². The first-order chi connectivity index (χ1) is 9.49. The Morgan fingerprint density at radius 1 is 1.45 bits per heavy atom. The predicted molar refractivity (Wildman–Crippen MR) is 73.9 cm³/mol. The van der Waals surface area contributed by atoms with Gasteiger partial charge in [-0.25, -0.2) is 0 Å². The maximum absolute atomic E-state index is 11.1. The van der Waals surface area contributed by atoms with Crippen LogP contribution in [0.25, 0.3) is 0 Å². The molecule has 0 saturated heterocycles. The molecule has 1 aromatic carbocycles. The van der Waals surface area contributed by atoms with Crippen LogP contribution < -0.4 is 9.47 Å². The van der Waals surface area contributed by atoms with E-state index >= 15 is 0 Å². The zero-order valence-electron chi connectivity index (χ0n) is 11.4. The van der Waals surface area contributed by atoms with E-state index in [1.165, 1.54) is 20.3 Å². The minimum Gasteiger partial charge on any atom is -0.506 e. The Balaban J connectivity index is 2.56. The summed E-state index contributed by atoms with van der Waals surface area (Å²) >= 11 is 6.18. The summed E-state index contributed by atoms with van der Waals surface area (Å²) in [7, 11) is 2.93. The molecule has 1 aromatic rings. The minimum absolute atomic E-state index is 0.0483. The molecule has 5 nitrogen and oxygen atoms in total. The van der Waals surface area contributed by atoms with Gasteiger partial charge in [0.25, 0.3) is 0 Å². The lowest BCUT2D eigenvalue weighted by atomic mass is 9.89. The molecule has 1 fully saturated rings. The summed E-state index contributed by atoms with van der Waals surface area (Å²) in [5.74, 6) is -0.313. The average Bonchev–Trinajstić information content (AvgIpc) is 3.22. The van der Waals surface area contributed by atoms with Crippen molar-refractivity contribution in [1.82, 2.24) is 0 Å². The number of phenols is 1. The van der Waals surface area contributed by atoms with Gasteiger partial charge in [-0.3, -0.25) is 4.79 Å². The molecule has 1 saturated carbocycles. The number of methoxy groups -OCH3 is 2. The highest BCUT2D eigenvalue weighted by Crippen LogP contribution is 2.53. The SMILES string of the molecule is COc1cc(O)c(Cl)c(C(CC(=O)O)C2CC2)c1OC. The molecule has 6 heteroatoms. The summed E-state index contributed by atoms with van der Waals surface area (Å²) in [6.07, 6.45) is 1.86. The Bertz CT molecular complexity index is 525. The second kappa shape index (κ2) is 5.79. The third kappa shape index (κ3) is 2.77. The van der Waals surface area contributed by atoms with E-state index in [-0.39, 0.29) is 29.0 Å². The van der Waals surface area contributed by atoms with Gasteiger partial charge in [-0.15, -0.1) is 0 Å². The fourth-order valence-corrected chi connectivity index (χ4v) is 2.79. The zero-order valence-corrected chi connectivity index (χ0v) is 12.1. The van der Waals surface area contributed by atoms with Crippen LogP contribution >= 0.6 is 11.6 Å². The maximum atomic E-state index is 11.1. The molecule has 2 N–H and O–H groups in total. The number of halogens is 1. The van der Waals surface area contributed by atoms with E-state index in [1.54, 1.807) is 0 Å². The molecule has 0 aromatic heterocycles. The molecule has 0 aliphatic heterocycles. The monoisotopic (exact) mass is 300 g/mol. The second-order valence-electron chi connectivity index (χ2n) is 4.90. The quantitative estimate of drug-likeness (QED) is 0.844. The van der Waals surface area contributed by atoms with E-state index in [9.17, 15) is 9.90 Å². The molecule has 110 valence electrons. The average molecular weight is 301 g/mol. The van der Waals surface area contributed by atoms with Gasteiger partial charge >= 0.3 is 5.97 Å². The topological polar surface area (TPSA) is 76.0 Å². The van der Waals surface area contributed by atoms with Crippen LogP contribution in [0, 0.1) is 5.92 Å². The van der Waals surface area contributed by atoms with Crippen molar-refractivity contribution in [3.63, 3.8) is 0 Å². The van der Waals surface area contributed by atoms with Crippen LogP contribution in [0.2, 0.25) is 5.02 Å². The lowest BCUT2D eigenvalue weighted by molar-refractivity contribution is -0.137. The summed E-state index contributed by atoms with van der Waals surface area (Å²) in [5.41, 5.74) is 0.524. The van der Waals surface area contributed by atoms with Gasteiger partial charge in [-0.05, 0) is 18.8 Å². The largest absolute Gasteiger partial charge is 0.506 e. The molecule has 0 spiro atoms. The van der Waals surface area contributed by atoms with E-state index in [0.717, 1.165) is 12.8 Å². The van der Waals surface area contributed by atoms with E-state index in [2.05, 4.69) is 0 Å². The number of hydrogen-bond acceptors (Lipinski definition) is 4. The molecule has 1 unspecified atom stereocenters. The fraction of sp³-hybridized carbons (Fsp3) is 0.500. The van der Waals surface area contributed by atoms with E-state index in [0.29, 0.717) is 17.1 Å². The number of aromatic hydroxyl groups is 1. The highest BCUT2D eigenvalue weighted by atomic mass is 35.5. The third-order valence-corrected chi connectivity index (χ3v) is 3.98. The molecule has 1 aliphatic rings. The molecule has 1 aliphatic carbocycles. The number of phenolic OH excluding ortho intramolecular Hbond substituents is 1. The number of benzene rings is 1. The van der Waals surface area contributed by atoms with E-state index in [4.69, 9.17) is 26.2 Å². The first kappa shape index (κ1) is 14.8. The van der Waals surface area contributed by atoms with Crippen LogP contribution in [-0.2, 0) is 4.79 Å². The number of aliphatic carboxylic acids is 1. The summed E-state index contributed by atoms with van der Waals surface area (Å²) in [5, 5.41) is 19.1. The number of hydrogen-bond donors (Lipinski definition) is 2. The van der Waals surface area contributed by atoms with Crippen molar-refractivity contribution in [2.75, 3.05) is 14.2 Å². The van der Waals surface area contributed by atoms with E-state index < -0.39 is 5.97 Å². The van der Waals surface area contributed by atoms with E-state index in [1.807, 2.05) is 0 Å². The summed E-state index contributed by atoms with van der Waals surface area (Å²) < 4.78 is 10.5. The normalized spacial score (nSPS) is 15.8. The fourth-order valence-electron chi connectivity index (χ4n) is 2.51. The molecule has 0 radical (unpaired) electrons. The summed E-state index contributed by atoms with van der Waals surface area (Å²) in [4.78, 5) is 11.1. The van der Waals surface area contributed by atoms with Gasteiger partial charge in [-0.2, -0.15) is 0 Å². The lowest BCUT2D eigenvalue weighted by Gasteiger charge is -2.22. The summed E-state index contributed by atoms with van der Waals surface area (Å²) in [6, 6.07) is 1.37. The third-order valence-electron chi connectivity index (χ3n) is 3.58. The summed E-state index contributed by atoms with van der Waals surface area (Å²) in [6.45, 7) is 0. The molecule has 20 heavy (non-hydrogen) atoms. The highest BCUT2D eigenvalue weighted by Gasteiger charge is 2.38. The number of ether oxygens (including phenoxy) is 2.